The highest BCUT2D eigenvalue weighted by Gasteiger charge is 2.12. The summed E-state index contributed by atoms with van der Waals surface area (Å²) < 4.78 is 3.37. The van der Waals surface area contributed by atoms with Crippen LogP contribution in [0.4, 0.5) is 0 Å². The Labute approximate surface area is 141 Å². The fraction of sp³-hybridized carbons (Fsp3) is 0. The summed E-state index contributed by atoms with van der Waals surface area (Å²) in [4.78, 5) is 3.53. The molecule has 0 radical (unpaired) electrons. The van der Waals surface area contributed by atoms with Gasteiger partial charge in [0.15, 0.2) is 0 Å². The van der Waals surface area contributed by atoms with Crippen molar-refractivity contribution >= 4 is 48.6 Å². The first-order chi connectivity index (χ1) is 11.3. The standard InChI is InChI=1S/C20H13BrN2/c21-14-7-9-17-16(12-14)19-18(22-17)8-6-13-10-11-23(20(13)19)15-4-2-1-3-5-15/h1-12,22H. The van der Waals surface area contributed by atoms with Gasteiger partial charge >= 0.3 is 0 Å². The number of aromatic amines is 1. The lowest BCUT2D eigenvalue weighted by Gasteiger charge is -2.06. The molecule has 0 amide bonds. The number of nitrogens with zero attached hydrogens (tertiary/aromatic N) is 1. The zero-order chi connectivity index (χ0) is 15.4. The molecule has 3 heteroatoms. The van der Waals surface area contributed by atoms with E-state index in [1.165, 1.54) is 32.9 Å². The third-order valence-electron chi connectivity index (χ3n) is 4.41. The molecule has 0 fully saturated rings. The van der Waals surface area contributed by atoms with Crippen molar-refractivity contribution in [3.63, 3.8) is 0 Å². The van der Waals surface area contributed by atoms with Crippen molar-refractivity contribution in [2.75, 3.05) is 0 Å². The van der Waals surface area contributed by atoms with Crippen molar-refractivity contribution in [3.8, 4) is 5.69 Å². The number of fused-ring (bicyclic) bond motifs is 5. The van der Waals surface area contributed by atoms with Crippen molar-refractivity contribution in [1.82, 2.24) is 9.55 Å². The van der Waals surface area contributed by atoms with E-state index in [2.05, 4.69) is 92.3 Å². The minimum Gasteiger partial charge on any atom is -0.354 e. The zero-order valence-electron chi connectivity index (χ0n) is 12.3. The van der Waals surface area contributed by atoms with E-state index in [0.29, 0.717) is 0 Å². The summed E-state index contributed by atoms with van der Waals surface area (Å²) in [5, 5.41) is 3.77. The molecular weight excluding hydrogens is 348 g/mol. The normalized spacial score (nSPS) is 11.7. The number of halogens is 1. The first-order valence-electron chi connectivity index (χ1n) is 7.58. The maximum absolute atomic E-state index is 3.60. The van der Waals surface area contributed by atoms with Crippen molar-refractivity contribution in [1.29, 1.82) is 0 Å². The first kappa shape index (κ1) is 13.0. The van der Waals surface area contributed by atoms with E-state index in [9.17, 15) is 0 Å². The Hall–Kier alpha value is -2.52. The molecule has 0 bridgehead atoms. The Kier molecular flexibility index (Phi) is 2.67. The molecule has 110 valence electrons. The van der Waals surface area contributed by atoms with Gasteiger partial charge in [-0.25, -0.2) is 0 Å². The number of H-pyrrole nitrogens is 1. The van der Waals surface area contributed by atoms with Gasteiger partial charge in [-0.1, -0.05) is 40.2 Å². The molecule has 5 rings (SSSR count). The van der Waals surface area contributed by atoms with E-state index in [-0.39, 0.29) is 0 Å². The molecule has 0 aliphatic heterocycles. The van der Waals surface area contributed by atoms with Gasteiger partial charge in [0, 0.05) is 43.5 Å². The fourth-order valence-corrected chi connectivity index (χ4v) is 3.75. The molecule has 0 atom stereocenters. The number of para-hydroxylation sites is 1. The summed E-state index contributed by atoms with van der Waals surface area (Å²) in [6, 6.07) is 23.4. The fourth-order valence-electron chi connectivity index (χ4n) is 3.39. The maximum Gasteiger partial charge on any atom is 0.0628 e. The van der Waals surface area contributed by atoms with Crippen LogP contribution in [0.2, 0.25) is 0 Å². The Morgan fingerprint density at radius 3 is 2.52 bits per heavy atom. The number of rotatable bonds is 1. The molecule has 2 aromatic heterocycles. The average Bonchev–Trinajstić information content (AvgIpc) is 3.16. The van der Waals surface area contributed by atoms with Crippen molar-refractivity contribution in [2.24, 2.45) is 0 Å². The van der Waals surface area contributed by atoms with Crippen LogP contribution >= 0.6 is 15.9 Å². The van der Waals surface area contributed by atoms with Gasteiger partial charge in [0.05, 0.1) is 5.52 Å². The summed E-state index contributed by atoms with van der Waals surface area (Å²) in [5.41, 5.74) is 4.76. The highest BCUT2D eigenvalue weighted by Crippen LogP contribution is 2.35. The van der Waals surface area contributed by atoms with Crippen LogP contribution in [0.1, 0.15) is 0 Å². The van der Waals surface area contributed by atoms with E-state index in [4.69, 9.17) is 0 Å². The molecule has 1 N–H and O–H groups in total. The van der Waals surface area contributed by atoms with E-state index >= 15 is 0 Å². The van der Waals surface area contributed by atoms with Gasteiger partial charge in [0.25, 0.3) is 0 Å². The third kappa shape index (κ3) is 1.87. The van der Waals surface area contributed by atoms with Gasteiger partial charge in [0.2, 0.25) is 0 Å². The molecule has 0 saturated carbocycles. The SMILES string of the molecule is Brc1ccc2[nH]c3ccc4ccn(-c5ccccc5)c4c3c2c1. The van der Waals surface area contributed by atoms with Gasteiger partial charge in [0.1, 0.15) is 0 Å². The summed E-state index contributed by atoms with van der Waals surface area (Å²) in [5.74, 6) is 0. The van der Waals surface area contributed by atoms with Crippen LogP contribution in [0.5, 0.6) is 0 Å². The predicted octanol–water partition coefficient (Wildman–Crippen LogP) is 6.03. The quantitative estimate of drug-likeness (QED) is 0.376. The number of hydrogen-bond acceptors (Lipinski definition) is 0. The molecule has 5 aromatic rings. The summed E-state index contributed by atoms with van der Waals surface area (Å²) in [6.45, 7) is 0. The monoisotopic (exact) mass is 360 g/mol. The molecule has 3 aromatic carbocycles. The first-order valence-corrected chi connectivity index (χ1v) is 8.37. The Morgan fingerprint density at radius 1 is 0.826 bits per heavy atom. The topological polar surface area (TPSA) is 20.7 Å². The second-order valence-corrected chi connectivity index (χ2v) is 6.68. The number of aromatic nitrogens is 2. The van der Waals surface area contributed by atoms with Gasteiger partial charge in [-0.2, -0.15) is 0 Å². The van der Waals surface area contributed by atoms with Gasteiger partial charge in [-0.05, 0) is 42.5 Å². The molecule has 0 unspecified atom stereocenters. The van der Waals surface area contributed by atoms with Gasteiger partial charge in [-0.3, -0.25) is 0 Å². The van der Waals surface area contributed by atoms with Crippen LogP contribution in [0.25, 0.3) is 38.4 Å². The van der Waals surface area contributed by atoms with Crippen molar-refractivity contribution in [2.45, 2.75) is 0 Å². The lowest BCUT2D eigenvalue weighted by molar-refractivity contribution is 1.13. The van der Waals surface area contributed by atoms with Crippen LogP contribution < -0.4 is 0 Å². The van der Waals surface area contributed by atoms with Crippen LogP contribution in [0.15, 0.2) is 77.4 Å². The molecular formula is C20H13BrN2. The second kappa shape index (κ2) is 4.74. The van der Waals surface area contributed by atoms with Gasteiger partial charge < -0.3 is 9.55 Å². The van der Waals surface area contributed by atoms with E-state index in [1.807, 2.05) is 6.07 Å². The lowest BCUT2D eigenvalue weighted by Crippen LogP contribution is -1.91. The largest absolute Gasteiger partial charge is 0.354 e. The molecule has 2 heterocycles. The highest BCUT2D eigenvalue weighted by atomic mass is 79.9. The Bertz CT molecular complexity index is 1170. The smallest absolute Gasteiger partial charge is 0.0628 e. The highest BCUT2D eigenvalue weighted by molar-refractivity contribution is 9.10. The number of nitrogens with one attached hydrogen (secondary N) is 1. The van der Waals surface area contributed by atoms with E-state index < -0.39 is 0 Å². The minimum atomic E-state index is 1.10. The summed E-state index contributed by atoms with van der Waals surface area (Å²) in [6.07, 6.45) is 2.15. The van der Waals surface area contributed by atoms with Crippen LogP contribution in [0.3, 0.4) is 0 Å². The predicted molar refractivity (Wildman–Crippen MR) is 100 cm³/mol. The van der Waals surface area contributed by atoms with Crippen LogP contribution in [0, 0.1) is 0 Å². The Morgan fingerprint density at radius 2 is 1.65 bits per heavy atom. The third-order valence-corrected chi connectivity index (χ3v) is 4.90. The van der Waals surface area contributed by atoms with Gasteiger partial charge in [-0.15, -0.1) is 0 Å². The maximum atomic E-state index is 3.60. The molecule has 0 aliphatic rings. The zero-order valence-corrected chi connectivity index (χ0v) is 13.8. The minimum absolute atomic E-state index is 1.10. The van der Waals surface area contributed by atoms with E-state index in [1.54, 1.807) is 0 Å². The number of benzene rings is 3. The molecule has 0 spiro atoms. The van der Waals surface area contributed by atoms with Crippen LogP contribution in [-0.4, -0.2) is 9.55 Å². The van der Waals surface area contributed by atoms with Crippen molar-refractivity contribution in [3.05, 3.63) is 77.4 Å². The summed E-state index contributed by atoms with van der Waals surface area (Å²) in [7, 11) is 0. The molecule has 23 heavy (non-hydrogen) atoms. The summed E-state index contributed by atoms with van der Waals surface area (Å²) >= 11 is 3.60. The molecule has 0 saturated heterocycles. The average molecular weight is 361 g/mol. The van der Waals surface area contributed by atoms with Crippen molar-refractivity contribution < 1.29 is 0 Å². The van der Waals surface area contributed by atoms with Crippen LogP contribution in [-0.2, 0) is 0 Å². The molecule has 2 nitrogen and oxygen atoms in total. The Balaban J connectivity index is 2.00. The second-order valence-electron chi connectivity index (χ2n) is 5.76. The van der Waals surface area contributed by atoms with E-state index in [0.717, 1.165) is 9.99 Å². The molecule has 0 aliphatic carbocycles. The number of hydrogen-bond donors (Lipinski definition) is 1. The lowest BCUT2D eigenvalue weighted by atomic mass is 10.1.